The molecule has 1 atom stereocenters. The number of hydrogen-bond donors (Lipinski definition) is 1. The number of nitrogens with zero attached hydrogens (tertiary/aromatic N) is 3. The maximum Gasteiger partial charge on any atom is 0.227 e. The van der Waals surface area contributed by atoms with Gasteiger partial charge in [-0.3, -0.25) is 4.90 Å². The number of rotatable bonds is 10. The van der Waals surface area contributed by atoms with Crippen LogP contribution >= 0.6 is 0 Å². The van der Waals surface area contributed by atoms with Crippen molar-refractivity contribution in [3.8, 4) is 17.3 Å². The van der Waals surface area contributed by atoms with Gasteiger partial charge >= 0.3 is 0 Å². The molecule has 1 aromatic heterocycles. The molecule has 3 aromatic rings. The van der Waals surface area contributed by atoms with Gasteiger partial charge < -0.3 is 9.84 Å². The zero-order chi connectivity index (χ0) is 20.9. The van der Waals surface area contributed by atoms with Crippen molar-refractivity contribution < 1.29 is 9.84 Å². The molecule has 0 aliphatic heterocycles. The normalized spacial score (nSPS) is 14.8. The minimum absolute atomic E-state index is 0.307. The van der Waals surface area contributed by atoms with Gasteiger partial charge in [0, 0.05) is 19.1 Å². The van der Waals surface area contributed by atoms with E-state index in [1.165, 1.54) is 12.8 Å². The highest BCUT2D eigenvalue weighted by Gasteiger charge is 2.32. The molecular formula is C25H31N3O2. The molecule has 1 N–H and O–H groups in total. The van der Waals surface area contributed by atoms with Gasteiger partial charge in [0.1, 0.15) is 5.75 Å². The summed E-state index contributed by atoms with van der Waals surface area (Å²) in [4.78, 5) is 2.40. The first-order chi connectivity index (χ1) is 14.7. The minimum Gasteiger partial charge on any atom is -0.439 e. The third-order valence-corrected chi connectivity index (χ3v) is 5.65. The van der Waals surface area contributed by atoms with Crippen molar-refractivity contribution in [1.82, 2.24) is 14.7 Å². The molecule has 2 aromatic carbocycles. The number of ether oxygens (including phenoxy) is 1. The van der Waals surface area contributed by atoms with E-state index >= 15 is 0 Å². The summed E-state index contributed by atoms with van der Waals surface area (Å²) in [6.07, 6.45) is 3.67. The molecule has 0 amide bonds. The summed E-state index contributed by atoms with van der Waals surface area (Å²) in [5.74, 6) is 1.56. The monoisotopic (exact) mass is 405 g/mol. The zero-order valence-electron chi connectivity index (χ0n) is 17.9. The molecule has 1 aliphatic rings. The average molecular weight is 406 g/mol. The molecule has 1 fully saturated rings. The fourth-order valence-corrected chi connectivity index (χ4v) is 3.76. The van der Waals surface area contributed by atoms with Crippen LogP contribution in [0.1, 0.15) is 44.4 Å². The topological polar surface area (TPSA) is 50.5 Å². The van der Waals surface area contributed by atoms with Crippen LogP contribution in [0.2, 0.25) is 0 Å². The molecule has 0 spiro atoms. The van der Waals surface area contributed by atoms with Crippen LogP contribution in [0, 0.1) is 0 Å². The number of aliphatic hydroxyl groups excluding tert-OH is 1. The van der Waals surface area contributed by atoms with Crippen LogP contribution in [-0.2, 0) is 13.0 Å². The molecule has 1 saturated carbocycles. The van der Waals surface area contributed by atoms with Crippen molar-refractivity contribution in [1.29, 1.82) is 0 Å². The standard InChI is InChI=1S/C25H31N3O2/c1-3-21(29)17-27(19-15-16-19)18-23-24(4-2)26-28(20-11-7-5-8-12-20)25(23)30-22-13-9-6-10-14-22/h5-14,19,21,29H,3-4,15-18H2,1-2H3. The Bertz CT molecular complexity index is 936. The van der Waals surface area contributed by atoms with Gasteiger partial charge in [0.2, 0.25) is 5.88 Å². The quantitative estimate of drug-likeness (QED) is 0.518. The Balaban J connectivity index is 1.74. The molecule has 0 bridgehead atoms. The predicted molar refractivity (Wildman–Crippen MR) is 119 cm³/mol. The highest BCUT2D eigenvalue weighted by molar-refractivity contribution is 5.43. The second-order valence-electron chi connectivity index (χ2n) is 7.97. The van der Waals surface area contributed by atoms with Crippen molar-refractivity contribution >= 4 is 0 Å². The molecule has 1 heterocycles. The number of aliphatic hydroxyl groups is 1. The van der Waals surface area contributed by atoms with Crippen LogP contribution < -0.4 is 4.74 Å². The summed E-state index contributed by atoms with van der Waals surface area (Å²) >= 11 is 0. The van der Waals surface area contributed by atoms with E-state index < -0.39 is 0 Å². The van der Waals surface area contributed by atoms with Crippen LogP contribution in [0.25, 0.3) is 5.69 Å². The van der Waals surface area contributed by atoms with E-state index in [1.807, 2.05) is 72.3 Å². The van der Waals surface area contributed by atoms with Crippen molar-refractivity contribution in [3.05, 3.63) is 71.9 Å². The Morgan fingerprint density at radius 1 is 1.07 bits per heavy atom. The molecule has 1 aliphatic carbocycles. The van der Waals surface area contributed by atoms with Gasteiger partial charge in [-0.05, 0) is 49.9 Å². The average Bonchev–Trinajstić information content (AvgIpc) is 3.58. The summed E-state index contributed by atoms with van der Waals surface area (Å²) in [6, 6.07) is 20.6. The first-order valence-corrected chi connectivity index (χ1v) is 11.0. The van der Waals surface area contributed by atoms with E-state index in [9.17, 15) is 5.11 Å². The van der Waals surface area contributed by atoms with Crippen molar-refractivity contribution in [2.24, 2.45) is 0 Å². The van der Waals surface area contributed by atoms with Crippen LogP contribution in [0.3, 0.4) is 0 Å². The van der Waals surface area contributed by atoms with Crippen molar-refractivity contribution in [2.45, 2.75) is 58.2 Å². The van der Waals surface area contributed by atoms with Crippen molar-refractivity contribution in [3.63, 3.8) is 0 Å². The first-order valence-electron chi connectivity index (χ1n) is 11.0. The van der Waals surface area contributed by atoms with Crippen LogP contribution in [0.4, 0.5) is 0 Å². The van der Waals surface area contributed by atoms with Gasteiger partial charge in [-0.25, -0.2) is 4.68 Å². The predicted octanol–water partition coefficient (Wildman–Crippen LogP) is 4.96. The van der Waals surface area contributed by atoms with E-state index in [1.54, 1.807) is 0 Å². The largest absolute Gasteiger partial charge is 0.439 e. The Morgan fingerprint density at radius 2 is 1.73 bits per heavy atom. The summed E-state index contributed by atoms with van der Waals surface area (Å²) in [7, 11) is 0. The smallest absolute Gasteiger partial charge is 0.227 e. The Kier molecular flexibility index (Phi) is 6.50. The lowest BCUT2D eigenvalue weighted by Crippen LogP contribution is -2.33. The lowest BCUT2D eigenvalue weighted by atomic mass is 10.1. The number of para-hydroxylation sites is 2. The summed E-state index contributed by atoms with van der Waals surface area (Å²) in [5.41, 5.74) is 3.14. The SMILES string of the molecule is CCc1nn(-c2ccccc2)c(Oc2ccccc2)c1CN(CC(O)CC)C1CC1. The lowest BCUT2D eigenvalue weighted by Gasteiger charge is -2.25. The fraction of sp³-hybridized carbons (Fsp3) is 0.400. The number of aryl methyl sites for hydroxylation is 1. The Hall–Kier alpha value is -2.63. The molecule has 158 valence electrons. The Morgan fingerprint density at radius 3 is 2.33 bits per heavy atom. The van der Waals surface area contributed by atoms with E-state index in [2.05, 4.69) is 11.8 Å². The zero-order valence-corrected chi connectivity index (χ0v) is 17.9. The van der Waals surface area contributed by atoms with E-state index in [0.717, 1.165) is 48.0 Å². The third kappa shape index (κ3) is 4.74. The summed E-state index contributed by atoms with van der Waals surface area (Å²) < 4.78 is 8.34. The van der Waals surface area contributed by atoms with Gasteiger partial charge in [-0.2, -0.15) is 5.10 Å². The molecular weight excluding hydrogens is 374 g/mol. The second-order valence-corrected chi connectivity index (χ2v) is 7.97. The van der Waals surface area contributed by atoms with Crippen LogP contribution in [0.5, 0.6) is 11.6 Å². The molecule has 5 nitrogen and oxygen atoms in total. The molecule has 1 unspecified atom stereocenters. The maximum absolute atomic E-state index is 10.3. The molecule has 0 saturated heterocycles. The second kappa shape index (κ2) is 9.45. The number of benzene rings is 2. The van der Waals surface area contributed by atoms with E-state index in [4.69, 9.17) is 9.84 Å². The fourth-order valence-electron chi connectivity index (χ4n) is 3.76. The minimum atomic E-state index is -0.307. The lowest BCUT2D eigenvalue weighted by molar-refractivity contribution is 0.100. The highest BCUT2D eigenvalue weighted by atomic mass is 16.5. The van der Waals surface area contributed by atoms with Gasteiger partial charge in [-0.1, -0.05) is 50.2 Å². The number of hydrogen-bond acceptors (Lipinski definition) is 4. The van der Waals surface area contributed by atoms with Crippen LogP contribution in [-0.4, -0.2) is 38.5 Å². The van der Waals surface area contributed by atoms with Gasteiger partial charge in [0.15, 0.2) is 0 Å². The molecule has 0 radical (unpaired) electrons. The van der Waals surface area contributed by atoms with E-state index in [0.29, 0.717) is 12.6 Å². The van der Waals surface area contributed by atoms with Gasteiger partial charge in [0.25, 0.3) is 0 Å². The highest BCUT2D eigenvalue weighted by Crippen LogP contribution is 2.35. The van der Waals surface area contributed by atoms with Crippen molar-refractivity contribution in [2.75, 3.05) is 6.54 Å². The molecule has 30 heavy (non-hydrogen) atoms. The van der Waals surface area contributed by atoms with Gasteiger partial charge in [-0.15, -0.1) is 0 Å². The Labute approximate surface area is 178 Å². The first kappa shape index (κ1) is 20.6. The maximum atomic E-state index is 10.3. The van der Waals surface area contributed by atoms with E-state index in [-0.39, 0.29) is 6.10 Å². The number of aromatic nitrogens is 2. The van der Waals surface area contributed by atoms with Gasteiger partial charge in [0.05, 0.1) is 23.0 Å². The summed E-state index contributed by atoms with van der Waals surface area (Å²) in [6.45, 7) is 5.59. The molecule has 4 rings (SSSR count). The molecule has 5 heteroatoms. The third-order valence-electron chi connectivity index (χ3n) is 5.65. The summed E-state index contributed by atoms with van der Waals surface area (Å²) in [5, 5.41) is 15.2. The van der Waals surface area contributed by atoms with Crippen LogP contribution in [0.15, 0.2) is 60.7 Å².